The number of halogens is 1. The number of rotatable bonds is 3. The fourth-order valence-corrected chi connectivity index (χ4v) is 4.20. The van der Waals surface area contributed by atoms with Gasteiger partial charge in [0.2, 0.25) is 0 Å². The highest BCUT2D eigenvalue weighted by Gasteiger charge is 2.28. The summed E-state index contributed by atoms with van der Waals surface area (Å²) >= 11 is 7.27. The number of fused-ring (bicyclic) bond motifs is 3. The summed E-state index contributed by atoms with van der Waals surface area (Å²) in [6.07, 6.45) is -0.463. The second-order valence-electron chi connectivity index (χ2n) is 6.08. The highest BCUT2D eigenvalue weighted by atomic mass is 35.5. The third-order valence-corrected chi connectivity index (χ3v) is 5.60. The zero-order valence-electron chi connectivity index (χ0n) is 14.4. The van der Waals surface area contributed by atoms with Gasteiger partial charge in [0.1, 0.15) is 6.61 Å². The van der Waals surface area contributed by atoms with Crippen LogP contribution >= 0.6 is 22.9 Å². The van der Waals surface area contributed by atoms with Gasteiger partial charge in [-0.2, -0.15) is 0 Å². The molecule has 134 valence electrons. The van der Waals surface area contributed by atoms with Crippen molar-refractivity contribution in [3.63, 3.8) is 0 Å². The summed E-state index contributed by atoms with van der Waals surface area (Å²) in [5.41, 5.74) is 4.81. The third kappa shape index (κ3) is 3.85. The van der Waals surface area contributed by atoms with Crippen LogP contribution in [0.15, 0.2) is 60.7 Å². The molecule has 0 saturated carbocycles. The van der Waals surface area contributed by atoms with Crippen LogP contribution in [0, 0.1) is 11.8 Å². The first-order valence-corrected chi connectivity index (χ1v) is 9.75. The van der Waals surface area contributed by atoms with E-state index in [1.165, 1.54) is 33.6 Å². The van der Waals surface area contributed by atoms with Crippen LogP contribution in [0.4, 0.5) is 4.79 Å². The first-order valence-electron chi connectivity index (χ1n) is 8.55. The minimum atomic E-state index is -0.463. The van der Waals surface area contributed by atoms with Crippen molar-refractivity contribution in [2.24, 2.45) is 0 Å². The molecule has 1 heterocycles. The van der Waals surface area contributed by atoms with Crippen LogP contribution in [0.25, 0.3) is 11.1 Å². The summed E-state index contributed by atoms with van der Waals surface area (Å²) < 4.78 is 6.16. The largest absolute Gasteiger partial charge is 0.449 e. The van der Waals surface area contributed by atoms with Gasteiger partial charge in [-0.25, -0.2) is 4.79 Å². The van der Waals surface area contributed by atoms with Gasteiger partial charge >= 0.3 is 6.09 Å². The fraction of sp³-hybridized carbons (Fsp3) is 0.136. The molecule has 0 atom stereocenters. The zero-order chi connectivity index (χ0) is 18.6. The molecule has 1 aromatic heterocycles. The summed E-state index contributed by atoms with van der Waals surface area (Å²) in [5.74, 6) is 5.91. The first kappa shape index (κ1) is 17.7. The number of nitrogens with one attached hydrogen (secondary N) is 1. The van der Waals surface area contributed by atoms with Crippen LogP contribution in [-0.4, -0.2) is 19.2 Å². The zero-order valence-corrected chi connectivity index (χ0v) is 15.9. The van der Waals surface area contributed by atoms with Gasteiger partial charge in [0, 0.05) is 5.92 Å². The number of amides is 1. The van der Waals surface area contributed by atoms with E-state index < -0.39 is 6.09 Å². The van der Waals surface area contributed by atoms with Crippen LogP contribution in [0.5, 0.6) is 0 Å². The monoisotopic (exact) mass is 393 g/mol. The molecule has 3 aromatic rings. The second-order valence-corrected chi connectivity index (χ2v) is 7.80. The summed E-state index contributed by atoms with van der Waals surface area (Å²) in [5, 5.41) is 2.67. The molecule has 1 aliphatic carbocycles. The van der Waals surface area contributed by atoms with E-state index in [0.717, 1.165) is 4.88 Å². The molecular formula is C22H16ClNO2S. The standard InChI is InChI=1S/C22H16ClNO2S/c23-21-12-11-15(27-21)6-5-13-24-22(25)26-14-20-18-9-3-1-7-16(18)17-8-2-4-10-19(17)20/h1-4,7-12,20H,13-14H2,(H,24,25). The Bertz CT molecular complexity index is 1000. The Kier molecular flexibility index (Phi) is 5.15. The van der Waals surface area contributed by atoms with Gasteiger partial charge in [-0.15, -0.1) is 11.3 Å². The van der Waals surface area contributed by atoms with Crippen molar-refractivity contribution in [2.75, 3.05) is 13.2 Å². The van der Waals surface area contributed by atoms with Crippen LogP contribution in [-0.2, 0) is 4.74 Å². The predicted octanol–water partition coefficient (Wildman–Crippen LogP) is 5.29. The van der Waals surface area contributed by atoms with E-state index in [1.54, 1.807) is 6.07 Å². The van der Waals surface area contributed by atoms with E-state index in [0.29, 0.717) is 10.9 Å². The SMILES string of the molecule is O=C(NCC#Cc1ccc(Cl)s1)OCC1c2ccccc2-c2ccccc21. The molecule has 0 fully saturated rings. The Morgan fingerprint density at radius 3 is 2.33 bits per heavy atom. The average molecular weight is 394 g/mol. The molecule has 1 aliphatic rings. The topological polar surface area (TPSA) is 38.3 Å². The van der Waals surface area contributed by atoms with Gasteiger partial charge in [0.25, 0.3) is 0 Å². The number of alkyl carbamates (subject to hydrolysis) is 1. The molecule has 1 N–H and O–H groups in total. The van der Waals surface area contributed by atoms with E-state index in [-0.39, 0.29) is 12.5 Å². The second kappa shape index (κ2) is 7.87. The van der Waals surface area contributed by atoms with Gasteiger partial charge in [-0.05, 0) is 34.4 Å². The van der Waals surface area contributed by atoms with Gasteiger partial charge in [0.05, 0.1) is 15.8 Å². The maximum atomic E-state index is 12.0. The predicted molar refractivity (Wildman–Crippen MR) is 109 cm³/mol. The molecule has 0 spiro atoms. The Morgan fingerprint density at radius 1 is 1.04 bits per heavy atom. The average Bonchev–Trinajstić information content (AvgIpc) is 3.25. The van der Waals surface area contributed by atoms with Crippen molar-refractivity contribution in [3.8, 4) is 23.0 Å². The Hall–Kier alpha value is -2.74. The number of carbonyl (C=O) groups is 1. The molecule has 2 aromatic carbocycles. The smallest absolute Gasteiger partial charge is 0.407 e. The van der Waals surface area contributed by atoms with E-state index >= 15 is 0 Å². The molecular weight excluding hydrogens is 378 g/mol. The molecule has 3 nitrogen and oxygen atoms in total. The minimum Gasteiger partial charge on any atom is -0.449 e. The highest BCUT2D eigenvalue weighted by molar-refractivity contribution is 7.16. The number of thiophene rings is 1. The van der Waals surface area contributed by atoms with E-state index in [1.807, 2.05) is 30.3 Å². The molecule has 4 rings (SSSR count). The van der Waals surface area contributed by atoms with E-state index in [2.05, 4.69) is 41.4 Å². The fourth-order valence-electron chi connectivity index (χ4n) is 3.28. The van der Waals surface area contributed by atoms with Gasteiger partial charge in [-0.3, -0.25) is 0 Å². The summed E-state index contributed by atoms with van der Waals surface area (Å²) in [4.78, 5) is 12.9. The maximum absolute atomic E-state index is 12.0. The molecule has 27 heavy (non-hydrogen) atoms. The van der Waals surface area contributed by atoms with Gasteiger partial charge in [-0.1, -0.05) is 72.0 Å². The van der Waals surface area contributed by atoms with Gasteiger partial charge < -0.3 is 10.1 Å². The van der Waals surface area contributed by atoms with Crippen molar-refractivity contribution in [3.05, 3.63) is 81.0 Å². The summed E-state index contributed by atoms with van der Waals surface area (Å²) in [6.45, 7) is 0.528. The Labute approximate surface area is 166 Å². The Morgan fingerprint density at radius 2 is 1.70 bits per heavy atom. The third-order valence-electron chi connectivity index (χ3n) is 4.45. The lowest BCUT2D eigenvalue weighted by Crippen LogP contribution is -2.26. The molecule has 0 saturated heterocycles. The van der Waals surface area contributed by atoms with E-state index in [4.69, 9.17) is 16.3 Å². The van der Waals surface area contributed by atoms with Crippen molar-refractivity contribution < 1.29 is 9.53 Å². The number of benzene rings is 2. The minimum absolute atomic E-state index is 0.0579. The van der Waals surface area contributed by atoms with Crippen molar-refractivity contribution in [1.29, 1.82) is 0 Å². The molecule has 1 amide bonds. The summed E-state index contributed by atoms with van der Waals surface area (Å²) in [7, 11) is 0. The summed E-state index contributed by atoms with van der Waals surface area (Å²) in [6, 6.07) is 20.2. The molecule has 0 radical (unpaired) electrons. The van der Waals surface area contributed by atoms with Crippen LogP contribution in [0.2, 0.25) is 4.34 Å². The molecule has 0 bridgehead atoms. The maximum Gasteiger partial charge on any atom is 0.407 e. The van der Waals surface area contributed by atoms with Crippen LogP contribution in [0.3, 0.4) is 0 Å². The van der Waals surface area contributed by atoms with Crippen LogP contribution in [0.1, 0.15) is 21.9 Å². The number of hydrogen-bond donors (Lipinski definition) is 1. The first-order chi connectivity index (χ1) is 13.2. The number of ether oxygens (including phenoxy) is 1. The lowest BCUT2D eigenvalue weighted by molar-refractivity contribution is 0.144. The van der Waals surface area contributed by atoms with Crippen molar-refractivity contribution >= 4 is 29.0 Å². The molecule has 0 aliphatic heterocycles. The van der Waals surface area contributed by atoms with Crippen LogP contribution < -0.4 is 5.32 Å². The van der Waals surface area contributed by atoms with Crippen molar-refractivity contribution in [1.82, 2.24) is 5.32 Å². The lowest BCUT2D eigenvalue weighted by Gasteiger charge is -2.14. The molecule has 0 unspecified atom stereocenters. The Balaban J connectivity index is 1.36. The highest BCUT2D eigenvalue weighted by Crippen LogP contribution is 2.44. The van der Waals surface area contributed by atoms with Gasteiger partial charge in [0.15, 0.2) is 0 Å². The van der Waals surface area contributed by atoms with Crippen molar-refractivity contribution in [2.45, 2.75) is 5.92 Å². The quantitative estimate of drug-likeness (QED) is 0.614. The lowest BCUT2D eigenvalue weighted by atomic mass is 9.98. The molecule has 5 heteroatoms. The normalized spacial score (nSPS) is 11.9. The number of carbonyl (C=O) groups excluding carboxylic acids is 1. The van der Waals surface area contributed by atoms with E-state index in [9.17, 15) is 4.79 Å². The number of hydrogen-bond acceptors (Lipinski definition) is 3.